The van der Waals surface area contributed by atoms with Crippen LogP contribution in [0.5, 0.6) is 0 Å². The van der Waals surface area contributed by atoms with Crippen LogP contribution in [-0.4, -0.2) is 5.71 Å². The van der Waals surface area contributed by atoms with Gasteiger partial charge in [-0.1, -0.05) is 54.6 Å². The molecule has 0 spiro atoms. The minimum absolute atomic E-state index is 0. The van der Waals surface area contributed by atoms with Gasteiger partial charge in [-0.25, -0.2) is 0 Å². The Bertz CT molecular complexity index is 736. The fourth-order valence-electron chi connectivity index (χ4n) is 2.39. The van der Waals surface area contributed by atoms with Gasteiger partial charge in [-0.05, 0) is 46.6 Å². The van der Waals surface area contributed by atoms with Crippen molar-refractivity contribution in [1.82, 2.24) is 0 Å². The highest BCUT2D eigenvalue weighted by Gasteiger charge is 2.10. The molecule has 2 aromatic rings. The van der Waals surface area contributed by atoms with Crippen molar-refractivity contribution in [2.75, 3.05) is 5.73 Å². The van der Waals surface area contributed by atoms with Crippen LogP contribution in [0, 0.1) is 5.41 Å². The van der Waals surface area contributed by atoms with Gasteiger partial charge in [0.05, 0.1) is 5.71 Å². The van der Waals surface area contributed by atoms with Gasteiger partial charge in [0.2, 0.25) is 0 Å². The standard InChI is InChI=1S/C19H16N2.ClH/c20-17-10-6-15(7-11-17)19(14-4-2-1-3-5-14)16-8-12-18(21)13-9-16;/h1-13,20H,21H2;1H. The number of hydrogen-bond acceptors (Lipinski definition) is 2. The molecule has 0 saturated heterocycles. The summed E-state index contributed by atoms with van der Waals surface area (Å²) in [5, 5.41) is 7.64. The maximum Gasteiger partial charge on any atom is 0.0540 e. The zero-order chi connectivity index (χ0) is 14.7. The van der Waals surface area contributed by atoms with Crippen molar-refractivity contribution in [2.24, 2.45) is 0 Å². The van der Waals surface area contributed by atoms with E-state index in [4.69, 9.17) is 11.1 Å². The molecule has 0 aromatic heterocycles. The first-order valence-corrected chi connectivity index (χ1v) is 6.84. The summed E-state index contributed by atoms with van der Waals surface area (Å²) in [7, 11) is 0. The predicted molar refractivity (Wildman–Crippen MR) is 96.6 cm³/mol. The number of hydrogen-bond donors (Lipinski definition) is 2. The molecule has 3 heteroatoms. The highest BCUT2D eigenvalue weighted by molar-refractivity contribution is 6.05. The minimum atomic E-state index is 0. The van der Waals surface area contributed by atoms with Crippen LogP contribution in [0.4, 0.5) is 5.69 Å². The number of nitrogen functional groups attached to an aromatic ring is 1. The summed E-state index contributed by atoms with van der Waals surface area (Å²) in [5.41, 5.74) is 11.6. The number of benzene rings is 2. The highest BCUT2D eigenvalue weighted by Crippen LogP contribution is 2.29. The van der Waals surface area contributed by atoms with E-state index in [2.05, 4.69) is 12.1 Å². The van der Waals surface area contributed by atoms with E-state index < -0.39 is 0 Å². The number of allylic oxidation sites excluding steroid dienone is 5. The van der Waals surface area contributed by atoms with E-state index >= 15 is 0 Å². The van der Waals surface area contributed by atoms with E-state index in [1.54, 1.807) is 0 Å². The highest BCUT2D eigenvalue weighted by atomic mass is 35.5. The molecule has 0 heterocycles. The van der Waals surface area contributed by atoms with E-state index in [1.807, 2.05) is 66.8 Å². The molecule has 110 valence electrons. The Morgan fingerprint density at radius 3 is 1.86 bits per heavy atom. The van der Waals surface area contributed by atoms with Crippen LogP contribution >= 0.6 is 12.4 Å². The van der Waals surface area contributed by atoms with Gasteiger partial charge < -0.3 is 11.1 Å². The molecule has 0 amide bonds. The predicted octanol–water partition coefficient (Wildman–Crippen LogP) is 4.64. The smallest absolute Gasteiger partial charge is 0.0540 e. The molecular weight excluding hydrogens is 292 g/mol. The number of nitrogens with two attached hydrogens (primary N) is 1. The summed E-state index contributed by atoms with van der Waals surface area (Å²) in [6, 6.07) is 18.2. The van der Waals surface area contributed by atoms with Crippen molar-refractivity contribution in [1.29, 1.82) is 5.41 Å². The van der Waals surface area contributed by atoms with Gasteiger partial charge >= 0.3 is 0 Å². The van der Waals surface area contributed by atoms with Crippen LogP contribution in [0.25, 0.3) is 5.57 Å². The normalized spacial score (nSPS) is 12.9. The van der Waals surface area contributed by atoms with Crippen LogP contribution in [0.2, 0.25) is 0 Å². The molecule has 0 fully saturated rings. The van der Waals surface area contributed by atoms with E-state index in [-0.39, 0.29) is 12.4 Å². The Kier molecular flexibility index (Phi) is 4.97. The third kappa shape index (κ3) is 3.35. The summed E-state index contributed by atoms with van der Waals surface area (Å²) < 4.78 is 0. The van der Waals surface area contributed by atoms with E-state index in [1.165, 1.54) is 0 Å². The summed E-state index contributed by atoms with van der Waals surface area (Å²) in [4.78, 5) is 0. The van der Waals surface area contributed by atoms with E-state index in [9.17, 15) is 0 Å². The Hall–Kier alpha value is -2.58. The number of halogens is 1. The van der Waals surface area contributed by atoms with Crippen LogP contribution in [0.1, 0.15) is 11.1 Å². The first kappa shape index (κ1) is 15.8. The lowest BCUT2D eigenvalue weighted by molar-refractivity contribution is 1.49. The molecule has 0 aliphatic heterocycles. The van der Waals surface area contributed by atoms with Crippen molar-refractivity contribution < 1.29 is 0 Å². The van der Waals surface area contributed by atoms with Crippen LogP contribution < -0.4 is 5.73 Å². The topological polar surface area (TPSA) is 49.9 Å². The quantitative estimate of drug-likeness (QED) is 0.780. The summed E-state index contributed by atoms with van der Waals surface area (Å²) >= 11 is 0. The third-order valence-electron chi connectivity index (χ3n) is 3.44. The van der Waals surface area contributed by atoms with Crippen LogP contribution in [0.15, 0.2) is 84.5 Å². The average molecular weight is 309 g/mol. The molecule has 3 rings (SSSR count). The molecule has 2 nitrogen and oxygen atoms in total. The Balaban J connectivity index is 0.00000176. The van der Waals surface area contributed by atoms with Crippen molar-refractivity contribution in [3.8, 4) is 0 Å². The first-order valence-electron chi connectivity index (χ1n) is 6.84. The van der Waals surface area contributed by atoms with E-state index in [0.29, 0.717) is 5.71 Å². The fourth-order valence-corrected chi connectivity index (χ4v) is 2.39. The molecule has 0 saturated carbocycles. The fraction of sp³-hybridized carbons (Fsp3) is 0. The Morgan fingerprint density at radius 2 is 1.27 bits per heavy atom. The molecule has 3 N–H and O–H groups in total. The summed E-state index contributed by atoms with van der Waals surface area (Å²) in [6.07, 6.45) is 7.60. The molecule has 0 atom stereocenters. The van der Waals surface area contributed by atoms with E-state index in [0.717, 1.165) is 28.0 Å². The van der Waals surface area contributed by atoms with Crippen molar-refractivity contribution >= 4 is 29.4 Å². The Labute approximate surface area is 136 Å². The zero-order valence-electron chi connectivity index (χ0n) is 12.0. The van der Waals surface area contributed by atoms with Gasteiger partial charge in [-0.2, -0.15) is 0 Å². The second-order valence-corrected chi connectivity index (χ2v) is 4.94. The van der Waals surface area contributed by atoms with Gasteiger partial charge in [0.1, 0.15) is 0 Å². The largest absolute Gasteiger partial charge is 0.399 e. The lowest BCUT2D eigenvalue weighted by atomic mass is 9.91. The van der Waals surface area contributed by atoms with Gasteiger partial charge in [0.15, 0.2) is 0 Å². The monoisotopic (exact) mass is 308 g/mol. The molecular formula is C19H17ClN2. The molecule has 0 bridgehead atoms. The number of anilines is 1. The summed E-state index contributed by atoms with van der Waals surface area (Å²) in [6.45, 7) is 0. The number of rotatable bonds is 2. The van der Waals surface area contributed by atoms with Gasteiger partial charge in [0.25, 0.3) is 0 Å². The minimum Gasteiger partial charge on any atom is -0.399 e. The van der Waals surface area contributed by atoms with Crippen molar-refractivity contribution in [3.63, 3.8) is 0 Å². The Morgan fingerprint density at radius 1 is 0.727 bits per heavy atom. The van der Waals surface area contributed by atoms with Crippen LogP contribution in [0.3, 0.4) is 0 Å². The molecule has 2 aromatic carbocycles. The van der Waals surface area contributed by atoms with Crippen molar-refractivity contribution in [2.45, 2.75) is 0 Å². The maximum atomic E-state index is 7.64. The maximum absolute atomic E-state index is 7.64. The first-order chi connectivity index (χ1) is 10.2. The summed E-state index contributed by atoms with van der Waals surface area (Å²) in [5.74, 6) is 0. The third-order valence-corrected chi connectivity index (χ3v) is 3.44. The lowest BCUT2D eigenvalue weighted by Crippen LogP contribution is -1.97. The molecule has 22 heavy (non-hydrogen) atoms. The van der Waals surface area contributed by atoms with Gasteiger partial charge in [0, 0.05) is 5.69 Å². The van der Waals surface area contributed by atoms with Gasteiger partial charge in [-0.15, -0.1) is 12.4 Å². The lowest BCUT2D eigenvalue weighted by Gasteiger charge is -2.14. The van der Waals surface area contributed by atoms with Crippen LogP contribution in [-0.2, 0) is 0 Å². The second kappa shape index (κ2) is 6.92. The van der Waals surface area contributed by atoms with Crippen molar-refractivity contribution in [3.05, 3.63) is 95.6 Å². The number of nitrogens with one attached hydrogen (secondary N) is 1. The molecule has 1 aliphatic rings. The molecule has 0 radical (unpaired) electrons. The zero-order valence-corrected chi connectivity index (χ0v) is 12.8. The SMILES string of the molecule is Cl.N=C1C=CC(=C(c2ccccc2)c2ccc(N)cc2)C=C1. The molecule has 1 aliphatic carbocycles. The van der Waals surface area contributed by atoms with Gasteiger partial charge in [-0.3, -0.25) is 0 Å². The molecule has 0 unspecified atom stereocenters. The second-order valence-electron chi connectivity index (χ2n) is 4.94. The average Bonchev–Trinajstić information content (AvgIpc) is 2.52.